The molecule has 3 rings (SSSR count). The highest BCUT2D eigenvalue weighted by Crippen LogP contribution is 2.33. The molecule has 1 aromatic carbocycles. The zero-order valence-corrected chi connectivity index (χ0v) is 14.1. The molecule has 3 aromatic rings. The largest absolute Gasteiger partial charge is 0.497 e. The Labute approximate surface area is 136 Å². The van der Waals surface area contributed by atoms with Crippen LogP contribution in [0, 0.1) is 23.7 Å². The molecule has 23 heavy (non-hydrogen) atoms. The van der Waals surface area contributed by atoms with E-state index in [1.807, 2.05) is 33.0 Å². The van der Waals surface area contributed by atoms with Gasteiger partial charge in [0.15, 0.2) is 0 Å². The van der Waals surface area contributed by atoms with Gasteiger partial charge in [-0.1, -0.05) is 0 Å². The summed E-state index contributed by atoms with van der Waals surface area (Å²) in [6, 6.07) is 10.6. The maximum absolute atomic E-state index is 9.29. The van der Waals surface area contributed by atoms with Crippen molar-refractivity contribution in [3.63, 3.8) is 0 Å². The molecule has 0 amide bonds. The molecular formula is C19H21N3O. The number of benzene rings is 1. The van der Waals surface area contributed by atoms with Gasteiger partial charge in [-0.2, -0.15) is 5.26 Å². The van der Waals surface area contributed by atoms with Crippen LogP contribution < -0.4 is 4.74 Å². The monoisotopic (exact) mass is 307 g/mol. The fraction of sp³-hybridized carbons (Fsp3) is 0.368. The second-order valence-electron chi connectivity index (χ2n) is 6.57. The summed E-state index contributed by atoms with van der Waals surface area (Å²) in [5.41, 5.74) is 2.93. The summed E-state index contributed by atoms with van der Waals surface area (Å²) in [6.45, 7) is 6.77. The Bertz CT molecular complexity index is 916. The summed E-state index contributed by atoms with van der Waals surface area (Å²) in [4.78, 5) is 4.45. The van der Waals surface area contributed by atoms with Gasteiger partial charge in [0.05, 0.1) is 35.3 Å². The van der Waals surface area contributed by atoms with Crippen molar-refractivity contribution < 1.29 is 4.74 Å². The fourth-order valence-corrected chi connectivity index (χ4v) is 3.01. The van der Waals surface area contributed by atoms with E-state index in [9.17, 15) is 5.26 Å². The summed E-state index contributed by atoms with van der Waals surface area (Å²) < 4.78 is 7.66. The topological polar surface area (TPSA) is 50.8 Å². The fourth-order valence-electron chi connectivity index (χ4n) is 3.01. The number of aromatic nitrogens is 2. The van der Waals surface area contributed by atoms with Gasteiger partial charge in [-0.3, -0.25) is 4.98 Å². The second-order valence-corrected chi connectivity index (χ2v) is 6.57. The summed E-state index contributed by atoms with van der Waals surface area (Å²) in [5.74, 6) is 0.840. The first-order valence-corrected chi connectivity index (χ1v) is 7.79. The minimum atomic E-state index is -0.349. The molecule has 4 heteroatoms. The van der Waals surface area contributed by atoms with E-state index in [0.29, 0.717) is 0 Å². The molecule has 118 valence electrons. The molecule has 0 aliphatic rings. The molecular weight excluding hydrogens is 286 g/mol. The summed E-state index contributed by atoms with van der Waals surface area (Å²) in [5, 5.41) is 11.7. The van der Waals surface area contributed by atoms with Crippen LogP contribution in [-0.2, 0) is 6.54 Å². The summed E-state index contributed by atoms with van der Waals surface area (Å²) >= 11 is 0. The lowest BCUT2D eigenvalue weighted by molar-refractivity contribution is 0.413. The number of hydrogen-bond acceptors (Lipinski definition) is 3. The summed E-state index contributed by atoms with van der Waals surface area (Å²) in [6.07, 6.45) is 2.64. The van der Waals surface area contributed by atoms with Gasteiger partial charge >= 0.3 is 0 Å². The Balaban J connectivity index is 2.24. The molecule has 0 fully saturated rings. The van der Waals surface area contributed by atoms with E-state index in [0.717, 1.165) is 35.4 Å². The number of hydrogen-bond donors (Lipinski definition) is 0. The number of nitriles is 1. The quantitative estimate of drug-likeness (QED) is 0.715. The first-order chi connectivity index (χ1) is 11.0. The van der Waals surface area contributed by atoms with Crippen LogP contribution in [0.3, 0.4) is 0 Å². The van der Waals surface area contributed by atoms with Gasteiger partial charge in [0.1, 0.15) is 5.75 Å². The van der Waals surface area contributed by atoms with Crippen molar-refractivity contribution in [3.05, 3.63) is 36.2 Å². The average molecular weight is 307 g/mol. The van der Waals surface area contributed by atoms with Crippen molar-refractivity contribution in [2.45, 2.75) is 33.7 Å². The van der Waals surface area contributed by atoms with Crippen LogP contribution in [0.5, 0.6) is 5.75 Å². The molecule has 0 atom stereocenters. The van der Waals surface area contributed by atoms with E-state index < -0.39 is 0 Å². The smallest absolute Gasteiger partial charge is 0.120 e. The highest BCUT2D eigenvalue weighted by atomic mass is 16.5. The van der Waals surface area contributed by atoms with Crippen molar-refractivity contribution in [1.29, 1.82) is 5.26 Å². The first-order valence-electron chi connectivity index (χ1n) is 7.79. The zero-order valence-electron chi connectivity index (χ0n) is 14.1. The molecule has 2 aromatic heterocycles. The highest BCUT2D eigenvalue weighted by Gasteiger charge is 2.19. The van der Waals surface area contributed by atoms with Crippen LogP contribution in [0.2, 0.25) is 0 Å². The van der Waals surface area contributed by atoms with Crippen LogP contribution >= 0.6 is 0 Å². The van der Waals surface area contributed by atoms with E-state index in [4.69, 9.17) is 4.74 Å². The SMILES string of the molecule is COc1ccc2c3ccnc(C)c3n(CCC(C)(C)C#N)c2c1. The Hall–Kier alpha value is -2.54. The Morgan fingerprint density at radius 1 is 1.26 bits per heavy atom. The number of methoxy groups -OCH3 is 1. The Kier molecular flexibility index (Phi) is 3.73. The van der Waals surface area contributed by atoms with Crippen LogP contribution in [0.25, 0.3) is 21.8 Å². The van der Waals surface area contributed by atoms with E-state index >= 15 is 0 Å². The third-order valence-corrected chi connectivity index (χ3v) is 4.43. The minimum Gasteiger partial charge on any atom is -0.497 e. The molecule has 0 radical (unpaired) electrons. The number of aryl methyl sites for hydroxylation is 2. The van der Waals surface area contributed by atoms with Gasteiger partial charge < -0.3 is 9.30 Å². The van der Waals surface area contributed by atoms with Crippen LogP contribution in [0.4, 0.5) is 0 Å². The molecule has 4 nitrogen and oxygen atoms in total. The molecule has 0 aliphatic heterocycles. The van der Waals surface area contributed by atoms with Gasteiger partial charge in [-0.25, -0.2) is 0 Å². The maximum Gasteiger partial charge on any atom is 0.120 e. The lowest BCUT2D eigenvalue weighted by Gasteiger charge is -2.17. The van der Waals surface area contributed by atoms with Crippen molar-refractivity contribution in [2.24, 2.45) is 5.41 Å². The van der Waals surface area contributed by atoms with Crippen molar-refractivity contribution in [2.75, 3.05) is 7.11 Å². The van der Waals surface area contributed by atoms with E-state index in [1.54, 1.807) is 7.11 Å². The number of nitrogens with zero attached hydrogens (tertiary/aromatic N) is 3. The average Bonchev–Trinajstić information content (AvgIpc) is 2.87. The van der Waals surface area contributed by atoms with E-state index in [-0.39, 0.29) is 5.41 Å². The number of pyridine rings is 1. The molecule has 0 spiro atoms. The van der Waals surface area contributed by atoms with Crippen molar-refractivity contribution >= 4 is 21.8 Å². The predicted molar refractivity (Wildman–Crippen MR) is 92.5 cm³/mol. The molecule has 0 unspecified atom stereocenters. The minimum absolute atomic E-state index is 0.349. The van der Waals surface area contributed by atoms with E-state index in [2.05, 4.69) is 33.8 Å². The number of ether oxygens (including phenoxy) is 1. The van der Waals surface area contributed by atoms with Crippen LogP contribution in [-0.4, -0.2) is 16.7 Å². The van der Waals surface area contributed by atoms with Gasteiger partial charge in [-0.15, -0.1) is 0 Å². The molecule has 0 saturated heterocycles. The van der Waals surface area contributed by atoms with Crippen LogP contribution in [0.15, 0.2) is 30.5 Å². The lowest BCUT2D eigenvalue weighted by atomic mass is 9.91. The third kappa shape index (κ3) is 2.63. The van der Waals surface area contributed by atoms with Gasteiger partial charge in [0, 0.05) is 29.6 Å². The molecule has 0 N–H and O–H groups in total. The standard InChI is InChI=1S/C19H21N3O/c1-13-18-16(7-9-21-13)15-6-5-14(23-4)11-17(15)22(18)10-8-19(2,3)12-20/h5-7,9,11H,8,10H2,1-4H3. The van der Waals surface area contributed by atoms with Crippen LogP contribution in [0.1, 0.15) is 26.0 Å². The molecule has 2 heterocycles. The highest BCUT2D eigenvalue weighted by molar-refractivity contribution is 6.09. The van der Waals surface area contributed by atoms with Gasteiger partial charge in [0.2, 0.25) is 0 Å². The lowest BCUT2D eigenvalue weighted by Crippen LogP contribution is -2.12. The number of fused-ring (bicyclic) bond motifs is 3. The molecule has 0 bridgehead atoms. The Morgan fingerprint density at radius 2 is 2.04 bits per heavy atom. The maximum atomic E-state index is 9.29. The first kappa shape index (κ1) is 15.4. The normalized spacial score (nSPS) is 11.8. The van der Waals surface area contributed by atoms with E-state index in [1.165, 1.54) is 10.8 Å². The predicted octanol–water partition coefficient (Wildman–Crippen LogP) is 4.45. The Morgan fingerprint density at radius 3 is 2.74 bits per heavy atom. The second kappa shape index (κ2) is 5.58. The van der Waals surface area contributed by atoms with Gasteiger partial charge in [-0.05, 0) is 45.4 Å². The molecule has 0 aliphatic carbocycles. The van der Waals surface area contributed by atoms with Crippen molar-refractivity contribution in [3.8, 4) is 11.8 Å². The summed E-state index contributed by atoms with van der Waals surface area (Å²) in [7, 11) is 1.68. The number of rotatable bonds is 4. The third-order valence-electron chi connectivity index (χ3n) is 4.43. The molecule has 0 saturated carbocycles. The van der Waals surface area contributed by atoms with Crippen molar-refractivity contribution in [1.82, 2.24) is 9.55 Å². The zero-order chi connectivity index (χ0) is 16.6. The van der Waals surface area contributed by atoms with Gasteiger partial charge in [0.25, 0.3) is 0 Å².